The number of hydrogen-bond acceptors (Lipinski definition) is 1. The van der Waals surface area contributed by atoms with Crippen LogP contribution in [0.5, 0.6) is 0 Å². The molecule has 1 unspecified atom stereocenters. The number of ketones is 1. The Morgan fingerprint density at radius 1 is 1.27 bits per heavy atom. The normalized spacial score (nSPS) is 12.6. The summed E-state index contributed by atoms with van der Waals surface area (Å²) in [5.74, 6) is 0.599. The highest BCUT2D eigenvalue weighted by atomic mass is 16.1. The summed E-state index contributed by atoms with van der Waals surface area (Å²) in [5, 5.41) is 0. The predicted molar refractivity (Wildman–Crippen MR) is 64.4 cm³/mol. The zero-order chi connectivity index (χ0) is 11.6. The number of aryl methyl sites for hydroxylation is 2. The fraction of sp³-hybridized carbons (Fsp3) is 0.500. The maximum Gasteiger partial charge on any atom is 0.130 e. The molecule has 0 saturated heterocycles. The van der Waals surface area contributed by atoms with Crippen molar-refractivity contribution >= 4 is 5.78 Å². The molecular weight excluding hydrogens is 184 g/mol. The summed E-state index contributed by atoms with van der Waals surface area (Å²) in [7, 11) is 0. The summed E-state index contributed by atoms with van der Waals surface area (Å²) in [6.07, 6.45) is 0.643. The molecule has 0 amide bonds. The van der Waals surface area contributed by atoms with E-state index in [1.54, 1.807) is 6.92 Å². The quantitative estimate of drug-likeness (QED) is 0.733. The Balaban J connectivity index is 3.07. The Morgan fingerprint density at radius 3 is 2.40 bits per heavy atom. The standard InChI is InChI=1S/C14H20O/c1-9-6-10(2)13(5)14(7-9)11(3)8-12(4)15/h6-7,11H,8H2,1-5H3. The number of carbonyl (C=O) groups is 1. The topological polar surface area (TPSA) is 17.1 Å². The molecule has 1 rings (SSSR count). The Morgan fingerprint density at radius 2 is 1.87 bits per heavy atom. The molecule has 0 fully saturated rings. The van der Waals surface area contributed by atoms with Gasteiger partial charge in [-0.3, -0.25) is 0 Å². The molecule has 0 heterocycles. The summed E-state index contributed by atoms with van der Waals surface area (Å²) >= 11 is 0. The van der Waals surface area contributed by atoms with Crippen LogP contribution in [0.2, 0.25) is 0 Å². The second kappa shape index (κ2) is 4.61. The Hall–Kier alpha value is -1.11. The van der Waals surface area contributed by atoms with Crippen LogP contribution in [0.4, 0.5) is 0 Å². The molecule has 82 valence electrons. The molecule has 0 radical (unpaired) electrons. The van der Waals surface area contributed by atoms with Gasteiger partial charge in [-0.15, -0.1) is 0 Å². The van der Waals surface area contributed by atoms with Gasteiger partial charge < -0.3 is 4.79 Å². The van der Waals surface area contributed by atoms with E-state index in [4.69, 9.17) is 0 Å². The Bertz CT molecular complexity index is 377. The van der Waals surface area contributed by atoms with Crippen LogP contribution < -0.4 is 0 Å². The number of carbonyl (C=O) groups excluding carboxylic acids is 1. The summed E-state index contributed by atoms with van der Waals surface area (Å²) < 4.78 is 0. The van der Waals surface area contributed by atoms with Gasteiger partial charge in [0, 0.05) is 6.42 Å². The second-order valence-electron chi connectivity index (χ2n) is 4.60. The highest BCUT2D eigenvalue weighted by molar-refractivity contribution is 5.76. The number of benzene rings is 1. The van der Waals surface area contributed by atoms with Crippen molar-refractivity contribution in [1.29, 1.82) is 0 Å². The minimum absolute atomic E-state index is 0.265. The summed E-state index contributed by atoms with van der Waals surface area (Å²) in [6, 6.07) is 4.40. The number of hydrogen-bond donors (Lipinski definition) is 0. The number of Topliss-reactive ketones (excluding diaryl/α,β-unsaturated/α-hetero) is 1. The second-order valence-corrected chi connectivity index (χ2v) is 4.60. The molecule has 1 aromatic carbocycles. The zero-order valence-corrected chi connectivity index (χ0v) is 10.3. The van der Waals surface area contributed by atoms with Gasteiger partial charge in [-0.05, 0) is 50.3 Å². The molecule has 15 heavy (non-hydrogen) atoms. The van der Waals surface area contributed by atoms with Gasteiger partial charge in [0.15, 0.2) is 0 Å². The highest BCUT2D eigenvalue weighted by Crippen LogP contribution is 2.26. The largest absolute Gasteiger partial charge is 0.300 e. The highest BCUT2D eigenvalue weighted by Gasteiger charge is 2.12. The van der Waals surface area contributed by atoms with Gasteiger partial charge in [-0.1, -0.05) is 24.6 Å². The van der Waals surface area contributed by atoms with Crippen LogP contribution in [0.25, 0.3) is 0 Å². The molecule has 0 aliphatic carbocycles. The maximum atomic E-state index is 11.1. The minimum atomic E-state index is 0.265. The van der Waals surface area contributed by atoms with Crippen molar-refractivity contribution in [2.75, 3.05) is 0 Å². The van der Waals surface area contributed by atoms with Gasteiger partial charge in [-0.2, -0.15) is 0 Å². The summed E-state index contributed by atoms with van der Waals surface area (Å²) in [6.45, 7) is 10.2. The first-order valence-electron chi connectivity index (χ1n) is 5.49. The molecule has 0 aliphatic heterocycles. The van der Waals surface area contributed by atoms with E-state index in [1.807, 2.05) is 0 Å². The van der Waals surface area contributed by atoms with Crippen LogP contribution in [-0.4, -0.2) is 5.78 Å². The lowest BCUT2D eigenvalue weighted by Crippen LogP contribution is -2.04. The van der Waals surface area contributed by atoms with Crippen LogP contribution in [0.3, 0.4) is 0 Å². The van der Waals surface area contributed by atoms with Crippen molar-refractivity contribution < 1.29 is 4.79 Å². The Labute approximate surface area is 92.5 Å². The van der Waals surface area contributed by atoms with Crippen molar-refractivity contribution in [2.45, 2.75) is 47.0 Å². The van der Waals surface area contributed by atoms with Crippen molar-refractivity contribution in [2.24, 2.45) is 0 Å². The lowest BCUT2D eigenvalue weighted by atomic mass is 9.89. The first kappa shape index (κ1) is 12.0. The van der Waals surface area contributed by atoms with E-state index in [1.165, 1.54) is 22.3 Å². The third-order valence-electron chi connectivity index (χ3n) is 2.98. The van der Waals surface area contributed by atoms with E-state index < -0.39 is 0 Å². The third kappa shape index (κ3) is 2.92. The van der Waals surface area contributed by atoms with E-state index >= 15 is 0 Å². The van der Waals surface area contributed by atoms with Crippen LogP contribution in [0.1, 0.15) is 48.4 Å². The van der Waals surface area contributed by atoms with Gasteiger partial charge in [0.05, 0.1) is 0 Å². The van der Waals surface area contributed by atoms with Gasteiger partial charge in [-0.25, -0.2) is 0 Å². The molecule has 1 heteroatoms. The molecule has 0 aromatic heterocycles. The fourth-order valence-electron chi connectivity index (χ4n) is 2.13. The Kier molecular flexibility index (Phi) is 3.67. The van der Waals surface area contributed by atoms with Crippen molar-refractivity contribution in [3.63, 3.8) is 0 Å². The molecule has 1 aromatic rings. The van der Waals surface area contributed by atoms with E-state index in [0.29, 0.717) is 12.3 Å². The lowest BCUT2D eigenvalue weighted by molar-refractivity contribution is -0.117. The van der Waals surface area contributed by atoms with Crippen molar-refractivity contribution in [1.82, 2.24) is 0 Å². The zero-order valence-electron chi connectivity index (χ0n) is 10.3. The molecule has 0 aliphatic rings. The van der Waals surface area contributed by atoms with Gasteiger partial charge in [0.1, 0.15) is 5.78 Å². The van der Waals surface area contributed by atoms with Crippen LogP contribution >= 0.6 is 0 Å². The SMILES string of the molecule is CC(=O)CC(C)c1cc(C)cc(C)c1C. The van der Waals surface area contributed by atoms with Crippen LogP contribution in [-0.2, 0) is 4.79 Å². The average Bonchev–Trinajstić information content (AvgIpc) is 2.09. The average molecular weight is 204 g/mol. The van der Waals surface area contributed by atoms with E-state index in [-0.39, 0.29) is 5.78 Å². The van der Waals surface area contributed by atoms with Crippen LogP contribution in [0.15, 0.2) is 12.1 Å². The fourth-order valence-corrected chi connectivity index (χ4v) is 2.13. The molecule has 0 saturated carbocycles. The molecule has 0 bridgehead atoms. The lowest BCUT2D eigenvalue weighted by Gasteiger charge is -2.16. The van der Waals surface area contributed by atoms with Gasteiger partial charge >= 0.3 is 0 Å². The molecule has 1 nitrogen and oxygen atoms in total. The molecular formula is C14H20O. The van der Waals surface area contributed by atoms with Crippen molar-refractivity contribution in [3.05, 3.63) is 34.4 Å². The number of rotatable bonds is 3. The predicted octanol–water partition coefficient (Wildman–Crippen LogP) is 3.69. The summed E-state index contributed by atoms with van der Waals surface area (Å²) in [4.78, 5) is 11.1. The van der Waals surface area contributed by atoms with Crippen LogP contribution in [0, 0.1) is 20.8 Å². The molecule has 0 spiro atoms. The van der Waals surface area contributed by atoms with Gasteiger partial charge in [0.25, 0.3) is 0 Å². The monoisotopic (exact) mass is 204 g/mol. The molecule has 0 N–H and O–H groups in total. The first-order valence-corrected chi connectivity index (χ1v) is 5.49. The maximum absolute atomic E-state index is 11.1. The van der Waals surface area contributed by atoms with Crippen molar-refractivity contribution in [3.8, 4) is 0 Å². The first-order chi connectivity index (χ1) is 6.91. The van der Waals surface area contributed by atoms with E-state index in [0.717, 1.165) is 0 Å². The molecule has 1 atom stereocenters. The van der Waals surface area contributed by atoms with E-state index in [9.17, 15) is 4.79 Å². The van der Waals surface area contributed by atoms with Gasteiger partial charge in [0.2, 0.25) is 0 Å². The third-order valence-corrected chi connectivity index (χ3v) is 2.98. The van der Waals surface area contributed by atoms with E-state index in [2.05, 4.69) is 39.8 Å². The summed E-state index contributed by atoms with van der Waals surface area (Å²) in [5.41, 5.74) is 5.25. The smallest absolute Gasteiger partial charge is 0.130 e. The minimum Gasteiger partial charge on any atom is -0.300 e.